The Balaban J connectivity index is 2.20. The van der Waals surface area contributed by atoms with Gasteiger partial charge in [-0.2, -0.15) is 11.8 Å². The van der Waals surface area contributed by atoms with Crippen LogP contribution in [0.3, 0.4) is 0 Å². The molecule has 0 bridgehead atoms. The number of hydrogen-bond acceptors (Lipinski definition) is 5. The lowest BCUT2D eigenvalue weighted by molar-refractivity contribution is -0.140. The number of nitrogens with zero attached hydrogens (tertiary/aromatic N) is 2. The van der Waals surface area contributed by atoms with Crippen LogP contribution in [0.25, 0.3) is 0 Å². The molecule has 1 aliphatic rings. The van der Waals surface area contributed by atoms with Gasteiger partial charge in [0, 0.05) is 44.2 Å². The highest BCUT2D eigenvalue weighted by Crippen LogP contribution is 2.10. The van der Waals surface area contributed by atoms with Gasteiger partial charge in [0.05, 0.1) is 0 Å². The average molecular weight is 317 g/mol. The van der Waals surface area contributed by atoms with Crippen molar-refractivity contribution >= 4 is 17.7 Å². The summed E-state index contributed by atoms with van der Waals surface area (Å²) < 4.78 is 0. The molecule has 0 spiro atoms. The number of carbonyl (C=O) groups is 1. The number of hydrogen-bond donors (Lipinski definition) is 2. The van der Waals surface area contributed by atoms with Crippen LogP contribution >= 0.6 is 11.8 Å². The van der Waals surface area contributed by atoms with E-state index in [1.165, 1.54) is 24.6 Å². The van der Waals surface area contributed by atoms with Crippen molar-refractivity contribution in [1.82, 2.24) is 9.80 Å². The number of aliphatic hydroxyl groups is 1. The third-order valence-electron chi connectivity index (χ3n) is 3.76. The van der Waals surface area contributed by atoms with Crippen molar-refractivity contribution in [3.05, 3.63) is 0 Å². The van der Waals surface area contributed by atoms with E-state index in [0.717, 1.165) is 44.4 Å². The van der Waals surface area contributed by atoms with E-state index in [-0.39, 0.29) is 5.91 Å². The minimum Gasteiger partial charge on any atom is -0.382 e. The molecule has 0 aromatic carbocycles. The van der Waals surface area contributed by atoms with E-state index in [9.17, 15) is 9.90 Å². The standard InChI is InChI=1S/C15H31N3O2S/c1-13(2)4-3-6-17-7-9-18(10-8-17)15(20)14(19)12-21-11-5-16/h13-14,19H,3-12,16H2,1-2H3. The molecule has 1 fully saturated rings. The van der Waals surface area contributed by atoms with E-state index in [1.54, 1.807) is 4.90 Å². The maximum absolute atomic E-state index is 12.1. The molecular weight excluding hydrogens is 286 g/mol. The Morgan fingerprint density at radius 2 is 1.95 bits per heavy atom. The van der Waals surface area contributed by atoms with Crippen LogP contribution in [-0.4, -0.2) is 77.7 Å². The number of amides is 1. The van der Waals surface area contributed by atoms with E-state index in [0.29, 0.717) is 12.3 Å². The molecule has 124 valence electrons. The molecule has 21 heavy (non-hydrogen) atoms. The molecule has 0 radical (unpaired) electrons. The van der Waals surface area contributed by atoms with Crippen molar-refractivity contribution in [2.75, 3.05) is 50.8 Å². The van der Waals surface area contributed by atoms with Gasteiger partial charge in [0.25, 0.3) is 5.91 Å². The topological polar surface area (TPSA) is 69.8 Å². The zero-order valence-corrected chi connectivity index (χ0v) is 14.3. The van der Waals surface area contributed by atoms with Crippen molar-refractivity contribution in [1.29, 1.82) is 0 Å². The molecular formula is C15H31N3O2S. The molecule has 1 heterocycles. The smallest absolute Gasteiger partial charge is 0.252 e. The first-order valence-electron chi connectivity index (χ1n) is 8.01. The van der Waals surface area contributed by atoms with Gasteiger partial charge in [-0.1, -0.05) is 13.8 Å². The van der Waals surface area contributed by atoms with Gasteiger partial charge in [0.2, 0.25) is 0 Å². The minimum absolute atomic E-state index is 0.124. The monoisotopic (exact) mass is 317 g/mol. The number of aliphatic hydroxyl groups excluding tert-OH is 1. The Kier molecular flexibility index (Phi) is 9.31. The lowest BCUT2D eigenvalue weighted by Gasteiger charge is -2.35. The summed E-state index contributed by atoms with van der Waals surface area (Å²) in [7, 11) is 0. The van der Waals surface area contributed by atoms with Gasteiger partial charge < -0.3 is 15.7 Å². The minimum atomic E-state index is -0.881. The summed E-state index contributed by atoms with van der Waals surface area (Å²) in [6.07, 6.45) is 1.61. The molecule has 0 aliphatic carbocycles. The van der Waals surface area contributed by atoms with Crippen molar-refractivity contribution in [3.63, 3.8) is 0 Å². The first kappa shape index (κ1) is 18.7. The molecule has 0 saturated carbocycles. The Bertz CT molecular complexity index is 295. The van der Waals surface area contributed by atoms with Gasteiger partial charge in [0.15, 0.2) is 0 Å². The first-order chi connectivity index (χ1) is 10.0. The fourth-order valence-corrected chi connectivity index (χ4v) is 3.17. The maximum Gasteiger partial charge on any atom is 0.252 e. The lowest BCUT2D eigenvalue weighted by atomic mass is 10.1. The van der Waals surface area contributed by atoms with Gasteiger partial charge in [-0.3, -0.25) is 9.69 Å². The second-order valence-corrected chi connectivity index (χ2v) is 7.23. The molecule has 3 N–H and O–H groups in total. The molecule has 6 heteroatoms. The third-order valence-corrected chi connectivity index (χ3v) is 4.84. The first-order valence-corrected chi connectivity index (χ1v) is 9.17. The quantitative estimate of drug-likeness (QED) is 0.610. The molecule has 1 amide bonds. The summed E-state index contributed by atoms with van der Waals surface area (Å²) in [5.74, 6) is 1.87. The highest BCUT2D eigenvalue weighted by molar-refractivity contribution is 7.99. The predicted molar refractivity (Wildman–Crippen MR) is 89.5 cm³/mol. The molecule has 1 aliphatic heterocycles. The Hall–Kier alpha value is -0.300. The highest BCUT2D eigenvalue weighted by atomic mass is 32.2. The summed E-state index contributed by atoms with van der Waals surface area (Å²) in [5.41, 5.74) is 5.40. The van der Waals surface area contributed by atoms with Gasteiger partial charge in [-0.05, 0) is 25.3 Å². The normalized spacial score (nSPS) is 18.2. The van der Waals surface area contributed by atoms with Crippen LogP contribution in [0.4, 0.5) is 0 Å². The summed E-state index contributed by atoms with van der Waals surface area (Å²) in [5, 5.41) is 9.90. The van der Waals surface area contributed by atoms with E-state index in [2.05, 4.69) is 18.7 Å². The third kappa shape index (κ3) is 7.49. The number of carbonyl (C=O) groups excluding carboxylic acids is 1. The summed E-state index contributed by atoms with van der Waals surface area (Å²) in [4.78, 5) is 16.3. The average Bonchev–Trinajstić information content (AvgIpc) is 2.47. The highest BCUT2D eigenvalue weighted by Gasteiger charge is 2.25. The van der Waals surface area contributed by atoms with Gasteiger partial charge in [0.1, 0.15) is 6.10 Å². The van der Waals surface area contributed by atoms with Crippen LogP contribution in [0.15, 0.2) is 0 Å². The van der Waals surface area contributed by atoms with Crippen LogP contribution in [-0.2, 0) is 4.79 Å². The molecule has 1 atom stereocenters. The fourth-order valence-electron chi connectivity index (χ4n) is 2.48. The van der Waals surface area contributed by atoms with E-state index in [1.807, 2.05) is 0 Å². The zero-order valence-electron chi connectivity index (χ0n) is 13.5. The Morgan fingerprint density at radius 1 is 1.29 bits per heavy atom. The lowest BCUT2D eigenvalue weighted by Crippen LogP contribution is -2.52. The van der Waals surface area contributed by atoms with E-state index in [4.69, 9.17) is 5.73 Å². The van der Waals surface area contributed by atoms with Crippen molar-refractivity contribution in [2.24, 2.45) is 11.7 Å². The van der Waals surface area contributed by atoms with Gasteiger partial charge in [-0.15, -0.1) is 0 Å². The molecule has 1 rings (SSSR count). The molecule has 0 aromatic heterocycles. The Morgan fingerprint density at radius 3 is 2.52 bits per heavy atom. The Labute approximate surface area is 133 Å². The molecule has 5 nitrogen and oxygen atoms in total. The molecule has 1 saturated heterocycles. The van der Waals surface area contributed by atoms with Crippen LogP contribution in [0.5, 0.6) is 0 Å². The predicted octanol–water partition coefficient (Wildman–Crippen LogP) is 0.620. The molecule has 0 aromatic rings. The number of piperazine rings is 1. The van der Waals surface area contributed by atoms with E-state index >= 15 is 0 Å². The second-order valence-electron chi connectivity index (χ2n) is 6.08. The number of rotatable bonds is 9. The van der Waals surface area contributed by atoms with Crippen LogP contribution in [0, 0.1) is 5.92 Å². The van der Waals surface area contributed by atoms with Crippen LogP contribution in [0.1, 0.15) is 26.7 Å². The van der Waals surface area contributed by atoms with Crippen molar-refractivity contribution in [2.45, 2.75) is 32.8 Å². The van der Waals surface area contributed by atoms with E-state index < -0.39 is 6.10 Å². The number of nitrogens with two attached hydrogens (primary N) is 1. The zero-order chi connectivity index (χ0) is 15.7. The van der Waals surface area contributed by atoms with Gasteiger partial charge >= 0.3 is 0 Å². The fraction of sp³-hybridized carbons (Fsp3) is 0.933. The van der Waals surface area contributed by atoms with Crippen molar-refractivity contribution in [3.8, 4) is 0 Å². The largest absolute Gasteiger partial charge is 0.382 e. The summed E-state index contributed by atoms with van der Waals surface area (Å²) in [6, 6.07) is 0. The van der Waals surface area contributed by atoms with Crippen LogP contribution in [0.2, 0.25) is 0 Å². The maximum atomic E-state index is 12.1. The van der Waals surface area contributed by atoms with Crippen LogP contribution < -0.4 is 5.73 Å². The SMILES string of the molecule is CC(C)CCCN1CCN(C(=O)C(O)CSCCN)CC1. The summed E-state index contributed by atoms with van der Waals surface area (Å²) >= 11 is 1.54. The van der Waals surface area contributed by atoms with Crippen molar-refractivity contribution < 1.29 is 9.90 Å². The summed E-state index contributed by atoms with van der Waals surface area (Å²) in [6.45, 7) is 9.52. The molecule has 1 unspecified atom stereocenters. The van der Waals surface area contributed by atoms with Gasteiger partial charge in [-0.25, -0.2) is 0 Å². The second kappa shape index (κ2) is 10.4. The number of thioether (sulfide) groups is 1.